The summed E-state index contributed by atoms with van der Waals surface area (Å²) in [6.07, 6.45) is 0. The first-order chi connectivity index (χ1) is 8.50. The fourth-order valence-electron chi connectivity index (χ4n) is 1.48. The first kappa shape index (κ1) is 15.5. The maximum absolute atomic E-state index is 11.8. The van der Waals surface area contributed by atoms with Gasteiger partial charge in [0.2, 0.25) is 0 Å². The summed E-state index contributed by atoms with van der Waals surface area (Å²) in [6, 6.07) is 4.20. The van der Waals surface area contributed by atoms with E-state index in [4.69, 9.17) is 5.11 Å². The second-order valence-corrected chi connectivity index (χ2v) is 6.71. The molecular weight excluding hydrogens is 268 g/mol. The predicted octanol–water partition coefficient (Wildman–Crippen LogP) is 1.74. The number of hydrogen-bond donors (Lipinski definition) is 3. The van der Waals surface area contributed by atoms with E-state index >= 15 is 0 Å². The van der Waals surface area contributed by atoms with E-state index in [1.54, 1.807) is 27.7 Å². The van der Waals surface area contributed by atoms with Crippen molar-refractivity contribution in [2.75, 3.05) is 4.72 Å². The van der Waals surface area contributed by atoms with Crippen molar-refractivity contribution in [1.29, 1.82) is 0 Å². The second-order valence-electron chi connectivity index (χ2n) is 5.29. The third-order valence-electron chi connectivity index (χ3n) is 2.16. The molecule has 0 radical (unpaired) electrons. The summed E-state index contributed by atoms with van der Waals surface area (Å²) in [6.45, 7) is 6.83. The highest BCUT2D eigenvalue weighted by Gasteiger charge is 2.20. The largest absolute Gasteiger partial charge is 0.478 e. The molecule has 0 aliphatic rings. The third-order valence-corrected chi connectivity index (χ3v) is 3.53. The van der Waals surface area contributed by atoms with Crippen molar-refractivity contribution in [2.45, 2.75) is 33.2 Å². The first-order valence-electron chi connectivity index (χ1n) is 5.66. The van der Waals surface area contributed by atoms with Crippen LogP contribution in [0, 0.1) is 6.92 Å². The lowest BCUT2D eigenvalue weighted by molar-refractivity contribution is 0.0697. The Bertz CT molecular complexity index is 588. The van der Waals surface area contributed by atoms with Crippen molar-refractivity contribution in [3.05, 3.63) is 29.3 Å². The zero-order valence-electron chi connectivity index (χ0n) is 11.3. The van der Waals surface area contributed by atoms with Gasteiger partial charge in [0.25, 0.3) is 10.2 Å². The Hall–Kier alpha value is -1.60. The number of carboxylic acids is 1. The van der Waals surface area contributed by atoms with Crippen LogP contribution in [0.4, 0.5) is 5.69 Å². The van der Waals surface area contributed by atoms with E-state index in [9.17, 15) is 13.2 Å². The number of aromatic carboxylic acids is 1. The topological polar surface area (TPSA) is 95.5 Å². The van der Waals surface area contributed by atoms with Crippen molar-refractivity contribution < 1.29 is 18.3 Å². The number of nitrogens with one attached hydrogen (secondary N) is 2. The molecular formula is C12H18N2O4S. The zero-order valence-corrected chi connectivity index (χ0v) is 12.1. The summed E-state index contributed by atoms with van der Waals surface area (Å²) in [4.78, 5) is 10.8. The Balaban J connectivity index is 2.98. The van der Waals surface area contributed by atoms with Gasteiger partial charge in [-0.3, -0.25) is 4.72 Å². The lowest BCUT2D eigenvalue weighted by Gasteiger charge is -2.21. The van der Waals surface area contributed by atoms with Crippen molar-refractivity contribution in [3.8, 4) is 0 Å². The van der Waals surface area contributed by atoms with Crippen LogP contribution in [0.25, 0.3) is 0 Å². The van der Waals surface area contributed by atoms with Gasteiger partial charge >= 0.3 is 5.97 Å². The molecule has 0 spiro atoms. The van der Waals surface area contributed by atoms with E-state index in [-0.39, 0.29) is 5.56 Å². The molecule has 0 aliphatic carbocycles. The summed E-state index contributed by atoms with van der Waals surface area (Å²) in [5.41, 5.74) is 0.408. The van der Waals surface area contributed by atoms with Gasteiger partial charge in [-0.1, -0.05) is 0 Å². The summed E-state index contributed by atoms with van der Waals surface area (Å²) in [5, 5.41) is 8.83. The van der Waals surface area contributed by atoms with Gasteiger partial charge in [-0.15, -0.1) is 0 Å². The Morgan fingerprint density at radius 2 is 1.84 bits per heavy atom. The fraction of sp³-hybridized carbons (Fsp3) is 0.417. The maximum atomic E-state index is 11.8. The lowest BCUT2D eigenvalue weighted by Crippen LogP contribution is -2.43. The number of carboxylic acid groups (broad SMARTS) is 1. The minimum Gasteiger partial charge on any atom is -0.478 e. The smallest absolute Gasteiger partial charge is 0.335 e. The van der Waals surface area contributed by atoms with Gasteiger partial charge in [0.1, 0.15) is 0 Å². The molecule has 0 aliphatic heterocycles. The SMILES string of the molecule is Cc1cc(C(=O)O)ccc1NS(=O)(=O)NC(C)(C)C. The van der Waals surface area contributed by atoms with Crippen LogP contribution in [0.2, 0.25) is 0 Å². The molecule has 0 unspecified atom stereocenters. The summed E-state index contributed by atoms with van der Waals surface area (Å²) >= 11 is 0. The standard InChI is InChI=1S/C12H18N2O4S/c1-8-7-9(11(15)16)5-6-10(8)13-19(17,18)14-12(2,3)4/h5-7,13-14H,1-4H3,(H,15,16). The Morgan fingerprint density at radius 1 is 1.26 bits per heavy atom. The van der Waals surface area contributed by atoms with Crippen LogP contribution in [0.1, 0.15) is 36.7 Å². The molecule has 0 saturated heterocycles. The zero-order chi connectivity index (χ0) is 14.8. The summed E-state index contributed by atoms with van der Waals surface area (Å²) < 4.78 is 28.5. The number of anilines is 1. The van der Waals surface area contributed by atoms with Crippen LogP contribution < -0.4 is 9.44 Å². The Labute approximate surface area is 113 Å². The highest BCUT2D eigenvalue weighted by molar-refractivity contribution is 7.90. The highest BCUT2D eigenvalue weighted by Crippen LogP contribution is 2.18. The van der Waals surface area contributed by atoms with Gasteiger partial charge in [-0.25, -0.2) is 4.79 Å². The van der Waals surface area contributed by atoms with Gasteiger partial charge in [0.05, 0.1) is 11.3 Å². The molecule has 7 heteroatoms. The Morgan fingerprint density at radius 3 is 2.26 bits per heavy atom. The molecule has 3 N–H and O–H groups in total. The van der Waals surface area contributed by atoms with Crippen molar-refractivity contribution >= 4 is 21.9 Å². The Kier molecular flexibility index (Phi) is 4.21. The molecule has 1 rings (SSSR count). The molecule has 0 fully saturated rings. The molecule has 106 valence electrons. The van der Waals surface area contributed by atoms with Crippen LogP contribution in [-0.2, 0) is 10.2 Å². The summed E-state index contributed by atoms with van der Waals surface area (Å²) in [7, 11) is -3.70. The van der Waals surface area contributed by atoms with Crippen molar-refractivity contribution in [3.63, 3.8) is 0 Å². The first-order valence-corrected chi connectivity index (χ1v) is 7.14. The van der Waals surface area contributed by atoms with Crippen LogP contribution in [0.5, 0.6) is 0 Å². The molecule has 19 heavy (non-hydrogen) atoms. The van der Waals surface area contributed by atoms with E-state index in [2.05, 4.69) is 9.44 Å². The molecule has 0 heterocycles. The number of benzene rings is 1. The monoisotopic (exact) mass is 286 g/mol. The number of carbonyl (C=O) groups is 1. The van der Waals surface area contributed by atoms with Crippen LogP contribution in [0.15, 0.2) is 18.2 Å². The molecule has 0 atom stereocenters. The maximum Gasteiger partial charge on any atom is 0.335 e. The van der Waals surface area contributed by atoms with Crippen molar-refractivity contribution in [1.82, 2.24) is 4.72 Å². The molecule has 0 aromatic heterocycles. The quantitative estimate of drug-likeness (QED) is 0.785. The van der Waals surface area contributed by atoms with Crippen LogP contribution >= 0.6 is 0 Å². The lowest BCUT2D eigenvalue weighted by atomic mass is 10.1. The molecule has 6 nitrogen and oxygen atoms in total. The van der Waals surface area contributed by atoms with E-state index in [1.165, 1.54) is 18.2 Å². The van der Waals surface area contributed by atoms with Gasteiger partial charge in [-0.05, 0) is 51.5 Å². The normalized spacial score (nSPS) is 12.2. The number of hydrogen-bond acceptors (Lipinski definition) is 3. The molecule has 1 aromatic carbocycles. The molecule has 0 bridgehead atoms. The predicted molar refractivity (Wildman–Crippen MR) is 73.6 cm³/mol. The van der Waals surface area contributed by atoms with Gasteiger partial charge < -0.3 is 5.11 Å². The van der Waals surface area contributed by atoms with Gasteiger partial charge in [-0.2, -0.15) is 13.1 Å². The molecule has 0 saturated carbocycles. The average Bonchev–Trinajstić information content (AvgIpc) is 2.16. The molecule has 0 amide bonds. The minimum atomic E-state index is -3.70. The van der Waals surface area contributed by atoms with Crippen molar-refractivity contribution in [2.24, 2.45) is 0 Å². The third kappa shape index (κ3) is 4.88. The van der Waals surface area contributed by atoms with E-state index < -0.39 is 21.7 Å². The van der Waals surface area contributed by atoms with Crippen LogP contribution in [-0.4, -0.2) is 25.0 Å². The number of aryl methyl sites for hydroxylation is 1. The van der Waals surface area contributed by atoms with E-state index in [0.29, 0.717) is 11.3 Å². The summed E-state index contributed by atoms with van der Waals surface area (Å²) in [5.74, 6) is -1.05. The van der Waals surface area contributed by atoms with E-state index in [0.717, 1.165) is 0 Å². The highest BCUT2D eigenvalue weighted by atomic mass is 32.2. The number of rotatable bonds is 4. The van der Waals surface area contributed by atoms with E-state index in [1.807, 2.05) is 0 Å². The second kappa shape index (κ2) is 5.18. The van der Waals surface area contributed by atoms with Crippen LogP contribution in [0.3, 0.4) is 0 Å². The fourth-order valence-corrected chi connectivity index (χ4v) is 2.86. The van der Waals surface area contributed by atoms with Gasteiger partial charge in [0.15, 0.2) is 0 Å². The average molecular weight is 286 g/mol. The van der Waals surface area contributed by atoms with Gasteiger partial charge in [0, 0.05) is 5.54 Å². The minimum absolute atomic E-state index is 0.115. The molecule has 1 aromatic rings.